The maximum absolute atomic E-state index is 13.2. The molecule has 160 valence electrons. The first-order valence-corrected chi connectivity index (χ1v) is 10.7. The Morgan fingerprint density at radius 3 is 2.34 bits per heavy atom. The third kappa shape index (κ3) is 6.51. The Morgan fingerprint density at radius 1 is 1.03 bits per heavy atom. The van der Waals surface area contributed by atoms with Crippen molar-refractivity contribution in [1.82, 2.24) is 15.1 Å². The Bertz CT molecular complexity index is 706. The SMILES string of the molecule is C[C@@H]1[C@H](C)CCC[C@H]1NC(=O)CN1CCN(CC(=O)Nc2cccc(F)c2)CC1. The molecule has 1 aliphatic carbocycles. The molecule has 0 spiro atoms. The first-order valence-electron chi connectivity index (χ1n) is 10.7. The molecule has 7 heteroatoms. The molecule has 0 bridgehead atoms. The van der Waals surface area contributed by atoms with Crippen molar-refractivity contribution >= 4 is 17.5 Å². The molecule has 0 aromatic heterocycles. The van der Waals surface area contributed by atoms with Crippen molar-refractivity contribution < 1.29 is 14.0 Å². The summed E-state index contributed by atoms with van der Waals surface area (Å²) in [4.78, 5) is 28.8. The molecule has 6 nitrogen and oxygen atoms in total. The van der Waals surface area contributed by atoms with Crippen LogP contribution < -0.4 is 10.6 Å². The van der Waals surface area contributed by atoms with Crippen LogP contribution in [0.25, 0.3) is 0 Å². The number of hydrogen-bond donors (Lipinski definition) is 2. The summed E-state index contributed by atoms with van der Waals surface area (Å²) in [6.07, 6.45) is 3.51. The van der Waals surface area contributed by atoms with Gasteiger partial charge in [-0.25, -0.2) is 4.39 Å². The highest BCUT2D eigenvalue weighted by Crippen LogP contribution is 2.29. The van der Waals surface area contributed by atoms with Crippen LogP contribution in [-0.2, 0) is 9.59 Å². The predicted octanol–water partition coefficient (Wildman–Crippen LogP) is 2.32. The summed E-state index contributed by atoms with van der Waals surface area (Å²) in [5, 5.41) is 5.96. The Morgan fingerprint density at radius 2 is 1.69 bits per heavy atom. The van der Waals surface area contributed by atoms with Gasteiger partial charge in [0.2, 0.25) is 11.8 Å². The number of nitrogens with one attached hydrogen (secondary N) is 2. The number of anilines is 1. The Labute approximate surface area is 172 Å². The zero-order valence-electron chi connectivity index (χ0n) is 17.5. The van der Waals surface area contributed by atoms with E-state index in [-0.39, 0.29) is 24.2 Å². The van der Waals surface area contributed by atoms with E-state index in [0.717, 1.165) is 32.6 Å². The smallest absolute Gasteiger partial charge is 0.238 e. The Kier molecular flexibility index (Phi) is 7.61. The molecule has 3 rings (SSSR count). The number of carbonyl (C=O) groups excluding carboxylic acids is 2. The fourth-order valence-electron chi connectivity index (χ4n) is 4.32. The van der Waals surface area contributed by atoms with E-state index in [4.69, 9.17) is 0 Å². The number of benzene rings is 1. The summed E-state index contributed by atoms with van der Waals surface area (Å²) in [6, 6.07) is 6.19. The van der Waals surface area contributed by atoms with Gasteiger partial charge in [-0.1, -0.05) is 32.8 Å². The topological polar surface area (TPSA) is 64.7 Å². The van der Waals surface area contributed by atoms with Gasteiger partial charge in [0.15, 0.2) is 0 Å². The number of carbonyl (C=O) groups is 2. The standard InChI is InChI=1S/C22H33FN4O2/c1-16-5-3-8-20(17(16)2)25-22(29)15-27-11-9-26(10-12-27)14-21(28)24-19-7-4-6-18(23)13-19/h4,6-7,13,16-17,20H,3,5,8-12,14-15H2,1-2H3,(H,24,28)(H,25,29)/t16-,17-,20-/m1/s1. The summed E-state index contributed by atoms with van der Waals surface area (Å²) < 4.78 is 13.2. The number of rotatable bonds is 6. The first kappa shape index (κ1) is 21.7. The second-order valence-electron chi connectivity index (χ2n) is 8.55. The van der Waals surface area contributed by atoms with E-state index in [1.54, 1.807) is 12.1 Å². The fourth-order valence-corrected chi connectivity index (χ4v) is 4.32. The summed E-state index contributed by atoms with van der Waals surface area (Å²) in [7, 11) is 0. The van der Waals surface area contributed by atoms with Crippen molar-refractivity contribution in [3.05, 3.63) is 30.1 Å². The molecule has 3 atom stereocenters. The minimum Gasteiger partial charge on any atom is -0.352 e. The lowest BCUT2D eigenvalue weighted by molar-refractivity contribution is -0.124. The average Bonchev–Trinajstić information content (AvgIpc) is 2.67. The largest absolute Gasteiger partial charge is 0.352 e. The molecule has 2 amide bonds. The second kappa shape index (κ2) is 10.2. The van der Waals surface area contributed by atoms with Crippen LogP contribution in [0.5, 0.6) is 0 Å². The zero-order chi connectivity index (χ0) is 20.8. The van der Waals surface area contributed by atoms with E-state index in [0.29, 0.717) is 30.1 Å². The summed E-state index contributed by atoms with van der Waals surface area (Å²) >= 11 is 0. The van der Waals surface area contributed by atoms with E-state index in [2.05, 4.69) is 34.3 Å². The van der Waals surface area contributed by atoms with Gasteiger partial charge in [0.25, 0.3) is 0 Å². The lowest BCUT2D eigenvalue weighted by atomic mass is 9.78. The summed E-state index contributed by atoms with van der Waals surface area (Å²) in [6.45, 7) is 8.19. The number of hydrogen-bond acceptors (Lipinski definition) is 4. The van der Waals surface area contributed by atoms with Crippen LogP contribution in [0.3, 0.4) is 0 Å². The maximum Gasteiger partial charge on any atom is 0.238 e. The number of nitrogens with zero attached hydrogens (tertiary/aromatic N) is 2. The molecule has 0 radical (unpaired) electrons. The number of amides is 2. The van der Waals surface area contributed by atoms with Gasteiger partial charge < -0.3 is 10.6 Å². The van der Waals surface area contributed by atoms with Gasteiger partial charge in [-0.05, 0) is 36.5 Å². The monoisotopic (exact) mass is 404 g/mol. The van der Waals surface area contributed by atoms with Crippen LogP contribution in [0.1, 0.15) is 33.1 Å². The molecule has 1 aromatic rings. The molecule has 1 aromatic carbocycles. The molecular weight excluding hydrogens is 371 g/mol. The summed E-state index contributed by atoms with van der Waals surface area (Å²) in [5.41, 5.74) is 0.469. The lowest BCUT2D eigenvalue weighted by Gasteiger charge is -2.36. The van der Waals surface area contributed by atoms with Crippen molar-refractivity contribution in [3.8, 4) is 0 Å². The van der Waals surface area contributed by atoms with E-state index < -0.39 is 0 Å². The van der Waals surface area contributed by atoms with Crippen LogP contribution in [0.15, 0.2) is 24.3 Å². The highest BCUT2D eigenvalue weighted by molar-refractivity contribution is 5.92. The first-order chi connectivity index (χ1) is 13.9. The molecule has 0 unspecified atom stereocenters. The highest BCUT2D eigenvalue weighted by atomic mass is 19.1. The molecule has 1 heterocycles. The Hall–Kier alpha value is -1.99. The van der Waals surface area contributed by atoms with Gasteiger partial charge in [0.1, 0.15) is 5.82 Å². The van der Waals surface area contributed by atoms with E-state index in [1.165, 1.54) is 25.0 Å². The van der Waals surface area contributed by atoms with Gasteiger partial charge in [-0.2, -0.15) is 0 Å². The fraction of sp³-hybridized carbons (Fsp3) is 0.636. The Balaban J connectivity index is 1.36. The highest BCUT2D eigenvalue weighted by Gasteiger charge is 2.29. The molecule has 2 aliphatic rings. The maximum atomic E-state index is 13.2. The van der Waals surface area contributed by atoms with E-state index in [9.17, 15) is 14.0 Å². The molecule has 2 N–H and O–H groups in total. The van der Waals surface area contributed by atoms with Crippen LogP contribution in [0, 0.1) is 17.7 Å². The average molecular weight is 405 g/mol. The molecular formula is C22H33FN4O2. The van der Waals surface area contributed by atoms with Crippen LogP contribution in [-0.4, -0.2) is 66.9 Å². The molecule has 1 saturated heterocycles. The minimum absolute atomic E-state index is 0.105. The van der Waals surface area contributed by atoms with Crippen LogP contribution >= 0.6 is 0 Å². The van der Waals surface area contributed by atoms with Gasteiger partial charge >= 0.3 is 0 Å². The van der Waals surface area contributed by atoms with Gasteiger partial charge in [0, 0.05) is 37.9 Å². The third-order valence-corrected chi connectivity index (χ3v) is 6.36. The number of halogens is 1. The molecule has 1 aliphatic heterocycles. The minimum atomic E-state index is -0.369. The van der Waals surface area contributed by atoms with Gasteiger partial charge in [0.05, 0.1) is 13.1 Å². The van der Waals surface area contributed by atoms with Crippen LogP contribution in [0.4, 0.5) is 10.1 Å². The van der Waals surface area contributed by atoms with E-state index in [1.807, 2.05) is 0 Å². The molecule has 2 fully saturated rings. The number of piperazine rings is 1. The van der Waals surface area contributed by atoms with Crippen LogP contribution in [0.2, 0.25) is 0 Å². The zero-order valence-corrected chi connectivity index (χ0v) is 17.5. The molecule has 29 heavy (non-hydrogen) atoms. The van der Waals surface area contributed by atoms with Crippen molar-refractivity contribution in [2.75, 3.05) is 44.6 Å². The normalized spacial score (nSPS) is 26.1. The summed E-state index contributed by atoms with van der Waals surface area (Å²) in [5.74, 6) is 0.777. The van der Waals surface area contributed by atoms with E-state index >= 15 is 0 Å². The second-order valence-corrected chi connectivity index (χ2v) is 8.55. The van der Waals surface area contributed by atoms with Crippen molar-refractivity contribution in [2.45, 2.75) is 39.2 Å². The van der Waals surface area contributed by atoms with Crippen molar-refractivity contribution in [2.24, 2.45) is 11.8 Å². The lowest BCUT2D eigenvalue weighted by Crippen LogP contribution is -2.52. The van der Waals surface area contributed by atoms with Gasteiger partial charge in [-0.15, -0.1) is 0 Å². The predicted molar refractivity (Wildman–Crippen MR) is 112 cm³/mol. The van der Waals surface area contributed by atoms with Crippen molar-refractivity contribution in [1.29, 1.82) is 0 Å². The molecule has 1 saturated carbocycles. The quantitative estimate of drug-likeness (QED) is 0.764. The van der Waals surface area contributed by atoms with Crippen molar-refractivity contribution in [3.63, 3.8) is 0 Å². The third-order valence-electron chi connectivity index (χ3n) is 6.36. The van der Waals surface area contributed by atoms with Gasteiger partial charge in [-0.3, -0.25) is 19.4 Å².